The van der Waals surface area contributed by atoms with E-state index in [1.54, 1.807) is 7.11 Å². The molecule has 3 heterocycles. The van der Waals surface area contributed by atoms with E-state index >= 15 is 0 Å². The van der Waals surface area contributed by atoms with Crippen LogP contribution in [0.5, 0.6) is 5.75 Å². The Morgan fingerprint density at radius 3 is 2.28 bits per heavy atom. The van der Waals surface area contributed by atoms with Crippen molar-refractivity contribution in [1.82, 2.24) is 4.90 Å². The number of alkyl halides is 3. The van der Waals surface area contributed by atoms with Crippen LogP contribution in [0.2, 0.25) is 0 Å². The maximum absolute atomic E-state index is 14.3. The summed E-state index contributed by atoms with van der Waals surface area (Å²) in [7, 11) is 1.56. The molecule has 0 unspecified atom stereocenters. The molecule has 1 saturated heterocycles. The number of nitrogens with zero attached hydrogens (tertiary/aromatic N) is 1. The number of hydrogen-bond acceptors (Lipinski definition) is 3. The van der Waals surface area contributed by atoms with Crippen LogP contribution in [0.25, 0.3) is 0 Å². The molecule has 32 heavy (non-hydrogen) atoms. The highest BCUT2D eigenvalue weighted by atomic mass is 19.4. The van der Waals surface area contributed by atoms with Gasteiger partial charge < -0.3 is 9.47 Å². The maximum Gasteiger partial charge on any atom is 0.415 e. The van der Waals surface area contributed by atoms with Gasteiger partial charge in [-0.25, -0.2) is 0 Å². The van der Waals surface area contributed by atoms with Crippen LogP contribution in [0.1, 0.15) is 34.5 Å². The highest BCUT2D eigenvalue weighted by molar-refractivity contribution is 5.44. The Kier molecular flexibility index (Phi) is 5.43. The van der Waals surface area contributed by atoms with E-state index in [2.05, 4.69) is 4.90 Å². The average Bonchev–Trinajstić information content (AvgIpc) is 3.05. The maximum atomic E-state index is 14.3. The van der Waals surface area contributed by atoms with Crippen molar-refractivity contribution in [2.45, 2.75) is 37.5 Å². The predicted molar refractivity (Wildman–Crippen MR) is 115 cm³/mol. The first-order chi connectivity index (χ1) is 15.5. The SMILES string of the molecule is COc1cccc2c1C[C@H]1[C@@H](c3ccccc3)N(Cc3ccccc3)[C@@H]2O[C@@H]1C(F)(F)F. The summed E-state index contributed by atoms with van der Waals surface area (Å²) in [5.41, 5.74) is 3.43. The van der Waals surface area contributed by atoms with Gasteiger partial charge in [0.05, 0.1) is 7.11 Å². The van der Waals surface area contributed by atoms with Crippen molar-refractivity contribution in [3.05, 3.63) is 101 Å². The number of methoxy groups -OCH3 is 1. The molecule has 166 valence electrons. The second-order valence-corrected chi connectivity index (χ2v) is 8.36. The van der Waals surface area contributed by atoms with Crippen LogP contribution in [-0.4, -0.2) is 24.3 Å². The third-order valence-electron chi connectivity index (χ3n) is 6.50. The Morgan fingerprint density at radius 1 is 0.938 bits per heavy atom. The third-order valence-corrected chi connectivity index (χ3v) is 6.50. The van der Waals surface area contributed by atoms with E-state index in [1.807, 2.05) is 78.9 Å². The molecule has 0 aliphatic carbocycles. The minimum atomic E-state index is -4.47. The van der Waals surface area contributed by atoms with Crippen molar-refractivity contribution >= 4 is 0 Å². The highest BCUT2D eigenvalue weighted by Gasteiger charge is 2.57. The summed E-state index contributed by atoms with van der Waals surface area (Å²) in [6, 6.07) is 24.3. The summed E-state index contributed by atoms with van der Waals surface area (Å²) < 4.78 is 54.2. The van der Waals surface area contributed by atoms with Gasteiger partial charge in [-0.2, -0.15) is 13.2 Å². The van der Waals surface area contributed by atoms with Gasteiger partial charge >= 0.3 is 6.18 Å². The van der Waals surface area contributed by atoms with Gasteiger partial charge in [0.2, 0.25) is 0 Å². The standard InChI is InChI=1S/C26H24F3NO2/c1-31-22-14-8-13-19-20(22)15-21-23(18-11-6-3-7-12-18)30(16-17-9-4-2-5-10-17)25(19)32-24(21)26(27,28)29/h2-14,21,23-25H,15-16H2,1H3/t21-,23+,24-,25+/m0/s1. The van der Waals surface area contributed by atoms with E-state index < -0.39 is 30.5 Å². The Labute approximate surface area is 185 Å². The second-order valence-electron chi connectivity index (χ2n) is 8.36. The highest BCUT2D eigenvalue weighted by Crippen LogP contribution is 2.54. The molecule has 4 atom stereocenters. The zero-order chi connectivity index (χ0) is 22.3. The summed E-state index contributed by atoms with van der Waals surface area (Å²) in [6.07, 6.45) is -6.94. The molecule has 3 nitrogen and oxygen atoms in total. The van der Waals surface area contributed by atoms with E-state index in [4.69, 9.17) is 9.47 Å². The molecule has 3 aliphatic rings. The summed E-state index contributed by atoms with van der Waals surface area (Å²) in [5, 5.41) is 0. The number of fused-ring (bicyclic) bond motifs is 2. The molecule has 3 aliphatic heterocycles. The second kappa shape index (κ2) is 8.26. The average molecular weight is 439 g/mol. The van der Waals surface area contributed by atoms with Crippen molar-refractivity contribution in [3.8, 4) is 5.75 Å². The molecule has 0 saturated carbocycles. The van der Waals surface area contributed by atoms with E-state index in [9.17, 15) is 13.2 Å². The normalized spacial score (nSPS) is 25.2. The monoisotopic (exact) mass is 439 g/mol. The molecule has 0 aromatic heterocycles. The van der Waals surface area contributed by atoms with Crippen LogP contribution >= 0.6 is 0 Å². The Hall–Kier alpha value is -2.83. The minimum absolute atomic E-state index is 0.227. The van der Waals surface area contributed by atoms with Gasteiger partial charge in [-0.3, -0.25) is 4.90 Å². The molecule has 3 aromatic rings. The first kappa shape index (κ1) is 21.0. The predicted octanol–water partition coefficient (Wildman–Crippen LogP) is 6.07. The Balaban J connectivity index is 1.70. The van der Waals surface area contributed by atoms with Crippen LogP contribution in [0.3, 0.4) is 0 Å². The summed E-state index contributed by atoms with van der Waals surface area (Å²) in [6.45, 7) is 0.475. The molecule has 0 amide bonds. The van der Waals surface area contributed by atoms with Gasteiger partial charge in [-0.05, 0) is 23.6 Å². The van der Waals surface area contributed by atoms with Gasteiger partial charge in [-0.1, -0.05) is 72.8 Å². The molecule has 6 rings (SSSR count). The van der Waals surface area contributed by atoms with Crippen LogP contribution in [-0.2, 0) is 17.7 Å². The molecule has 3 aromatic carbocycles. The molecular weight excluding hydrogens is 415 g/mol. The summed E-state index contributed by atoms with van der Waals surface area (Å²) >= 11 is 0. The minimum Gasteiger partial charge on any atom is -0.496 e. The lowest BCUT2D eigenvalue weighted by molar-refractivity contribution is -0.302. The lowest BCUT2D eigenvalue weighted by Crippen LogP contribution is -2.52. The Bertz CT molecular complexity index is 1070. The first-order valence-corrected chi connectivity index (χ1v) is 10.7. The number of rotatable bonds is 4. The van der Waals surface area contributed by atoms with Crippen molar-refractivity contribution < 1.29 is 22.6 Å². The van der Waals surface area contributed by atoms with Gasteiger partial charge in [-0.15, -0.1) is 0 Å². The quantitative estimate of drug-likeness (QED) is 0.493. The van der Waals surface area contributed by atoms with Crippen molar-refractivity contribution in [1.29, 1.82) is 0 Å². The molecule has 0 N–H and O–H groups in total. The molecular formula is C26H24F3NO2. The van der Waals surface area contributed by atoms with Gasteiger partial charge in [0.15, 0.2) is 6.10 Å². The lowest BCUT2D eigenvalue weighted by atomic mass is 9.82. The van der Waals surface area contributed by atoms with Crippen LogP contribution < -0.4 is 4.74 Å². The fraction of sp³-hybridized carbons (Fsp3) is 0.308. The van der Waals surface area contributed by atoms with Crippen LogP contribution in [0.15, 0.2) is 78.9 Å². The third kappa shape index (κ3) is 3.67. The van der Waals surface area contributed by atoms with E-state index in [0.29, 0.717) is 12.3 Å². The number of halogens is 3. The van der Waals surface area contributed by atoms with Gasteiger partial charge in [0, 0.05) is 29.6 Å². The van der Waals surface area contributed by atoms with Crippen molar-refractivity contribution in [3.63, 3.8) is 0 Å². The smallest absolute Gasteiger partial charge is 0.415 e. The molecule has 0 radical (unpaired) electrons. The molecule has 6 heteroatoms. The zero-order valence-corrected chi connectivity index (χ0v) is 17.6. The van der Waals surface area contributed by atoms with Crippen LogP contribution in [0, 0.1) is 5.92 Å². The largest absolute Gasteiger partial charge is 0.496 e. The first-order valence-electron chi connectivity index (χ1n) is 10.7. The fourth-order valence-electron chi connectivity index (χ4n) is 5.19. The topological polar surface area (TPSA) is 21.7 Å². The van der Waals surface area contributed by atoms with Crippen LogP contribution in [0.4, 0.5) is 13.2 Å². The Morgan fingerprint density at radius 2 is 1.62 bits per heavy atom. The molecule has 0 spiro atoms. The van der Waals surface area contributed by atoms with Crippen molar-refractivity contribution in [2.24, 2.45) is 5.92 Å². The summed E-state index contributed by atoms with van der Waals surface area (Å²) in [5.74, 6) is -0.202. The molecule has 2 bridgehead atoms. The molecule has 1 fully saturated rings. The van der Waals surface area contributed by atoms with E-state index in [-0.39, 0.29) is 6.42 Å². The van der Waals surface area contributed by atoms with E-state index in [1.165, 1.54) is 0 Å². The lowest BCUT2D eigenvalue weighted by Gasteiger charge is -2.48. The summed E-state index contributed by atoms with van der Waals surface area (Å²) in [4.78, 5) is 2.07. The van der Waals surface area contributed by atoms with Crippen molar-refractivity contribution in [2.75, 3.05) is 7.11 Å². The fourth-order valence-corrected chi connectivity index (χ4v) is 5.19. The zero-order valence-electron chi connectivity index (χ0n) is 17.6. The van der Waals surface area contributed by atoms with Gasteiger partial charge in [0.25, 0.3) is 0 Å². The number of hydrogen-bond donors (Lipinski definition) is 0. The van der Waals surface area contributed by atoms with E-state index in [0.717, 1.165) is 22.3 Å². The number of benzene rings is 3. The van der Waals surface area contributed by atoms with Gasteiger partial charge in [0.1, 0.15) is 12.0 Å². The number of ether oxygens (including phenoxy) is 2.